The number of carbonyl (C=O) groups is 2. The highest BCUT2D eigenvalue weighted by Crippen LogP contribution is 2.46. The van der Waals surface area contributed by atoms with Crippen molar-refractivity contribution in [1.82, 2.24) is 9.71 Å². The number of benzene rings is 3. The van der Waals surface area contributed by atoms with Gasteiger partial charge in [-0.3, -0.25) is 19.3 Å². The third kappa shape index (κ3) is 6.44. The van der Waals surface area contributed by atoms with Gasteiger partial charge in [-0.25, -0.2) is 8.42 Å². The van der Waals surface area contributed by atoms with E-state index in [4.69, 9.17) is 9.47 Å². The molecule has 13 heteroatoms. The van der Waals surface area contributed by atoms with Crippen molar-refractivity contribution in [2.75, 3.05) is 18.1 Å². The molecule has 0 spiro atoms. The summed E-state index contributed by atoms with van der Waals surface area (Å²) in [6, 6.07) is 12.8. The number of alkyl halides is 3. The number of halogens is 3. The van der Waals surface area contributed by atoms with Crippen molar-refractivity contribution in [1.29, 1.82) is 0 Å². The summed E-state index contributed by atoms with van der Waals surface area (Å²) in [5.41, 5.74) is 1.69. The van der Waals surface area contributed by atoms with Crippen molar-refractivity contribution in [3.63, 3.8) is 0 Å². The Morgan fingerprint density at radius 2 is 1.73 bits per heavy atom. The molecule has 5 rings (SSSR count). The van der Waals surface area contributed by atoms with Gasteiger partial charge in [0.2, 0.25) is 15.9 Å². The summed E-state index contributed by atoms with van der Waals surface area (Å²) in [6.07, 6.45) is -3.81. The fourth-order valence-corrected chi connectivity index (χ4v) is 6.64. The smallest absolute Gasteiger partial charge is 0.416 e. The van der Waals surface area contributed by atoms with E-state index in [1.165, 1.54) is 18.2 Å². The number of aromatic nitrogens is 1. The summed E-state index contributed by atoms with van der Waals surface area (Å²) in [6.45, 7) is 6.23. The molecule has 236 valence electrons. The standard InChI is InChI=1S/C32H30F3N3O6S/c1-4-43-29-22-10-8-14-36-28(22)30(44-5-2)23-17-38(31(40)27(23)29)25-13-12-20(15-19(25)3)18-45(41,42)37-26(39)16-21-9-6-7-11-24(21)32(33,34)35/h6-15H,4-5,16-18H2,1-3H3,(H,37,39). The molecule has 1 aliphatic heterocycles. The Morgan fingerprint density at radius 3 is 2.42 bits per heavy atom. The van der Waals surface area contributed by atoms with E-state index < -0.39 is 39.8 Å². The van der Waals surface area contributed by atoms with Crippen molar-refractivity contribution in [3.05, 3.63) is 94.2 Å². The maximum atomic E-state index is 13.9. The Morgan fingerprint density at radius 1 is 1.02 bits per heavy atom. The first-order chi connectivity index (χ1) is 21.3. The van der Waals surface area contributed by atoms with Gasteiger partial charge < -0.3 is 14.4 Å². The van der Waals surface area contributed by atoms with Crippen LogP contribution in [0.4, 0.5) is 18.9 Å². The lowest BCUT2D eigenvalue weighted by atomic mass is 10.0. The SMILES string of the molecule is CCOc1c2c(c(OCC)c3ncccc13)CN(c1ccc(CS(=O)(=O)NC(=O)Cc3ccccc3C(F)(F)F)cc1C)C2=O. The van der Waals surface area contributed by atoms with Crippen molar-refractivity contribution in [2.45, 2.75) is 45.7 Å². The van der Waals surface area contributed by atoms with Gasteiger partial charge in [0.05, 0.1) is 43.1 Å². The molecule has 0 saturated carbocycles. The normalized spacial score (nSPS) is 13.2. The van der Waals surface area contributed by atoms with Crippen LogP contribution in [0.3, 0.4) is 0 Å². The topological polar surface area (TPSA) is 115 Å². The highest BCUT2D eigenvalue weighted by molar-refractivity contribution is 7.89. The summed E-state index contributed by atoms with van der Waals surface area (Å²) >= 11 is 0. The first-order valence-corrected chi connectivity index (χ1v) is 15.8. The van der Waals surface area contributed by atoms with Crippen LogP contribution in [0.1, 0.15) is 52.0 Å². The Balaban J connectivity index is 1.38. The zero-order valence-electron chi connectivity index (χ0n) is 24.7. The third-order valence-corrected chi connectivity index (χ3v) is 8.53. The van der Waals surface area contributed by atoms with Gasteiger partial charge in [-0.05, 0) is 61.7 Å². The molecule has 0 bridgehead atoms. The minimum absolute atomic E-state index is 0.171. The number of nitrogens with one attached hydrogen (secondary N) is 1. The lowest BCUT2D eigenvalue weighted by Gasteiger charge is -2.19. The quantitative estimate of drug-likeness (QED) is 0.236. The number of carbonyl (C=O) groups excluding carboxylic acids is 2. The van der Waals surface area contributed by atoms with E-state index in [0.717, 1.165) is 12.1 Å². The molecule has 0 aliphatic carbocycles. The molecule has 0 saturated heterocycles. The fraction of sp³-hybridized carbons (Fsp3) is 0.281. The van der Waals surface area contributed by atoms with Crippen molar-refractivity contribution < 1.29 is 40.7 Å². The monoisotopic (exact) mass is 641 g/mol. The average molecular weight is 642 g/mol. The van der Waals surface area contributed by atoms with Crippen molar-refractivity contribution in [3.8, 4) is 11.5 Å². The zero-order valence-corrected chi connectivity index (χ0v) is 25.5. The summed E-state index contributed by atoms with van der Waals surface area (Å²) in [5, 5.41) is 0.651. The van der Waals surface area contributed by atoms with Crippen LogP contribution in [-0.2, 0) is 39.7 Å². The Kier molecular flexibility index (Phi) is 8.74. The molecule has 2 amide bonds. The lowest BCUT2D eigenvalue weighted by molar-refractivity contribution is -0.138. The zero-order chi connectivity index (χ0) is 32.5. The molecule has 1 aliphatic rings. The van der Waals surface area contributed by atoms with E-state index in [-0.39, 0.29) is 18.0 Å². The molecule has 2 heterocycles. The lowest BCUT2D eigenvalue weighted by Crippen LogP contribution is -2.33. The second kappa shape index (κ2) is 12.4. The predicted molar refractivity (Wildman–Crippen MR) is 162 cm³/mol. The largest absolute Gasteiger partial charge is 0.492 e. The Bertz CT molecular complexity index is 1910. The van der Waals surface area contributed by atoms with Gasteiger partial charge in [0.15, 0.2) is 5.75 Å². The van der Waals surface area contributed by atoms with Crippen LogP contribution < -0.4 is 19.1 Å². The van der Waals surface area contributed by atoms with E-state index in [9.17, 15) is 31.2 Å². The minimum Gasteiger partial charge on any atom is -0.492 e. The van der Waals surface area contributed by atoms with Gasteiger partial charge in [-0.15, -0.1) is 0 Å². The number of hydrogen-bond donors (Lipinski definition) is 1. The molecule has 45 heavy (non-hydrogen) atoms. The maximum Gasteiger partial charge on any atom is 0.416 e. The molecular weight excluding hydrogens is 611 g/mol. The first-order valence-electron chi connectivity index (χ1n) is 14.1. The Labute approximate surface area is 258 Å². The molecule has 3 aromatic carbocycles. The second-order valence-electron chi connectivity index (χ2n) is 10.4. The molecule has 4 aromatic rings. The highest BCUT2D eigenvalue weighted by atomic mass is 32.2. The number of sulfonamides is 1. The van der Waals surface area contributed by atoms with Crippen LogP contribution in [0.2, 0.25) is 0 Å². The number of ether oxygens (including phenoxy) is 2. The van der Waals surface area contributed by atoms with Crippen LogP contribution >= 0.6 is 0 Å². The van der Waals surface area contributed by atoms with E-state index in [1.807, 2.05) is 24.6 Å². The predicted octanol–water partition coefficient (Wildman–Crippen LogP) is 5.71. The van der Waals surface area contributed by atoms with Crippen LogP contribution in [0.15, 0.2) is 60.8 Å². The summed E-state index contributed by atoms with van der Waals surface area (Å²) in [4.78, 5) is 32.4. The molecule has 0 unspecified atom stereocenters. The van der Waals surface area contributed by atoms with Gasteiger partial charge in [0.25, 0.3) is 5.91 Å². The number of fused-ring (bicyclic) bond motifs is 2. The van der Waals surface area contributed by atoms with Crippen LogP contribution in [-0.4, -0.2) is 38.4 Å². The van der Waals surface area contributed by atoms with Gasteiger partial charge in [0.1, 0.15) is 11.3 Å². The Hall–Kier alpha value is -4.65. The van der Waals surface area contributed by atoms with Crippen LogP contribution in [0, 0.1) is 6.92 Å². The second-order valence-corrected chi connectivity index (χ2v) is 12.1. The molecule has 0 fully saturated rings. The van der Waals surface area contributed by atoms with Gasteiger partial charge in [-0.2, -0.15) is 13.2 Å². The number of nitrogens with zero attached hydrogens (tertiary/aromatic N) is 2. The van der Waals surface area contributed by atoms with Gasteiger partial charge >= 0.3 is 6.18 Å². The number of anilines is 1. The number of pyridine rings is 1. The summed E-state index contributed by atoms with van der Waals surface area (Å²) in [7, 11) is -4.25. The van der Waals surface area contributed by atoms with Gasteiger partial charge in [0, 0.05) is 22.8 Å². The molecule has 0 atom stereocenters. The van der Waals surface area contributed by atoms with Crippen LogP contribution in [0.5, 0.6) is 11.5 Å². The number of aryl methyl sites for hydroxylation is 1. The van der Waals surface area contributed by atoms with Crippen molar-refractivity contribution >= 4 is 38.4 Å². The maximum absolute atomic E-state index is 13.9. The van der Waals surface area contributed by atoms with E-state index in [1.54, 1.807) is 36.2 Å². The number of amides is 2. The molecule has 1 aromatic heterocycles. The molecule has 0 radical (unpaired) electrons. The van der Waals surface area contributed by atoms with Gasteiger partial charge in [-0.1, -0.05) is 30.3 Å². The molecule has 9 nitrogen and oxygen atoms in total. The average Bonchev–Trinajstić information content (AvgIpc) is 3.30. The van der Waals surface area contributed by atoms with E-state index >= 15 is 0 Å². The molecular formula is C32H30F3N3O6S. The summed E-state index contributed by atoms with van der Waals surface area (Å²) in [5.74, 6) is -1.08. The third-order valence-electron chi connectivity index (χ3n) is 7.27. The van der Waals surface area contributed by atoms with Crippen LogP contribution in [0.25, 0.3) is 10.9 Å². The summed E-state index contributed by atoms with van der Waals surface area (Å²) < 4.78 is 79.2. The number of hydrogen-bond acceptors (Lipinski definition) is 7. The first kappa shape index (κ1) is 31.8. The van der Waals surface area contributed by atoms with E-state index in [2.05, 4.69) is 4.98 Å². The molecule has 1 N–H and O–H groups in total. The highest BCUT2D eigenvalue weighted by Gasteiger charge is 2.38. The fourth-order valence-electron chi connectivity index (χ4n) is 5.53. The number of rotatable bonds is 10. The minimum atomic E-state index is -4.69. The van der Waals surface area contributed by atoms with Crippen molar-refractivity contribution in [2.24, 2.45) is 0 Å². The van der Waals surface area contributed by atoms with E-state index in [0.29, 0.717) is 63.6 Å².